The maximum Gasteiger partial charge on any atom is 0.471 e. The van der Waals surface area contributed by atoms with Crippen molar-refractivity contribution in [2.75, 3.05) is 0 Å². The Morgan fingerprint density at radius 3 is 1.63 bits per heavy atom. The van der Waals surface area contributed by atoms with Crippen LogP contribution in [0.5, 0.6) is 0 Å². The number of nitrogens with one attached hydrogen (secondary N) is 1. The average Bonchev–Trinajstić information content (AvgIpc) is 2.59. The molecule has 1 saturated heterocycles. The van der Waals surface area contributed by atoms with Crippen molar-refractivity contribution in [1.29, 1.82) is 0 Å². The van der Waals surface area contributed by atoms with Crippen LogP contribution in [0.2, 0.25) is 0 Å². The summed E-state index contributed by atoms with van der Waals surface area (Å²) in [6.07, 6.45) is -10.9. The molecule has 11 nitrogen and oxygen atoms in total. The molecule has 0 spiro atoms. The summed E-state index contributed by atoms with van der Waals surface area (Å²) in [5.74, 6) is -12.7. The topological polar surface area (TPSA) is 188 Å². The largest absolute Gasteiger partial charge is 0.471 e. The van der Waals surface area contributed by atoms with Crippen molar-refractivity contribution in [3.8, 4) is 0 Å². The molecule has 0 aromatic heterocycles. The van der Waals surface area contributed by atoms with Crippen molar-refractivity contribution < 1.29 is 62.3 Å². The van der Waals surface area contributed by atoms with Crippen molar-refractivity contribution in [2.45, 2.75) is 69.1 Å². The molecule has 0 aromatic rings. The van der Waals surface area contributed by atoms with Gasteiger partial charge in [0.05, 0.1) is 0 Å². The van der Waals surface area contributed by atoms with Crippen molar-refractivity contribution >= 4 is 29.0 Å². The summed E-state index contributed by atoms with van der Waals surface area (Å²) in [6, 6.07) is -3.07. The molecule has 1 fully saturated rings. The van der Waals surface area contributed by atoms with Gasteiger partial charge in [0.15, 0.2) is 34.3 Å². The van der Waals surface area contributed by atoms with Crippen LogP contribution in [-0.4, -0.2) is 90.9 Å². The minimum Gasteiger partial charge on any atom is -0.382 e. The van der Waals surface area contributed by atoms with Crippen LogP contribution in [0.4, 0.5) is 13.2 Å². The third-order valence-electron chi connectivity index (χ3n) is 4.92. The number of rotatable bonds is 6. The van der Waals surface area contributed by atoms with E-state index in [1.54, 1.807) is 0 Å². The number of carbonyl (C=O) groups is 5. The van der Waals surface area contributed by atoms with Gasteiger partial charge in [0.1, 0.15) is 18.2 Å². The Hall–Kier alpha value is -2.26. The summed E-state index contributed by atoms with van der Waals surface area (Å²) in [5.41, 5.74) is -7.52. The number of amides is 1. The fraction of sp³-hybridized carbons (Fsp3) is 0.688. The summed E-state index contributed by atoms with van der Waals surface area (Å²) in [6.45, 7) is 2.22. The highest BCUT2D eigenvalue weighted by atomic mass is 19.4. The number of ether oxygens (including phenoxy) is 1. The molecular formula is C16H20F3NO10. The van der Waals surface area contributed by atoms with E-state index in [9.17, 15) is 57.6 Å². The van der Waals surface area contributed by atoms with E-state index in [2.05, 4.69) is 0 Å². The number of halogens is 3. The molecule has 170 valence electrons. The zero-order valence-corrected chi connectivity index (χ0v) is 16.1. The van der Waals surface area contributed by atoms with Gasteiger partial charge in [0, 0.05) is 6.92 Å². The number of Topliss-reactive ketones (excluding diaryl/α,β-unsaturated/α-hetero) is 4. The monoisotopic (exact) mass is 443 g/mol. The molecule has 1 aliphatic rings. The molecule has 0 radical (unpaired) electrons. The van der Waals surface area contributed by atoms with Crippen LogP contribution in [0.3, 0.4) is 0 Å². The van der Waals surface area contributed by atoms with Crippen LogP contribution in [0.15, 0.2) is 0 Å². The van der Waals surface area contributed by atoms with Gasteiger partial charge in [0.2, 0.25) is 0 Å². The fourth-order valence-electron chi connectivity index (χ4n) is 3.21. The lowest BCUT2D eigenvalue weighted by Crippen LogP contribution is -2.87. The summed E-state index contributed by atoms with van der Waals surface area (Å²) < 4.78 is 43.1. The van der Waals surface area contributed by atoms with Crippen LogP contribution in [-0.2, 0) is 28.7 Å². The second kappa shape index (κ2) is 7.77. The third kappa shape index (κ3) is 3.65. The van der Waals surface area contributed by atoms with Crippen LogP contribution in [0, 0.1) is 0 Å². The Morgan fingerprint density at radius 2 is 1.33 bits per heavy atom. The second-order valence-corrected chi connectivity index (χ2v) is 6.90. The fourth-order valence-corrected chi connectivity index (χ4v) is 3.21. The molecule has 0 saturated carbocycles. The number of aliphatic hydroxyl groups is 4. The highest BCUT2D eigenvalue weighted by molar-refractivity contribution is 6.02. The molecule has 0 aliphatic carbocycles. The van der Waals surface area contributed by atoms with Crippen molar-refractivity contribution in [1.82, 2.24) is 5.32 Å². The Balaban J connectivity index is 3.96. The van der Waals surface area contributed by atoms with Crippen LogP contribution in [0.1, 0.15) is 27.7 Å². The van der Waals surface area contributed by atoms with Gasteiger partial charge in [-0.05, 0) is 20.8 Å². The minimum absolute atomic E-state index is 0.462. The van der Waals surface area contributed by atoms with E-state index in [4.69, 9.17) is 4.74 Å². The minimum atomic E-state index is -5.65. The number of carbonyl (C=O) groups excluding carboxylic acids is 5. The Labute approximate surface area is 166 Å². The molecule has 14 heteroatoms. The third-order valence-corrected chi connectivity index (χ3v) is 4.92. The van der Waals surface area contributed by atoms with Gasteiger partial charge in [-0.25, -0.2) is 0 Å². The molecule has 6 atom stereocenters. The zero-order chi connectivity index (χ0) is 24.0. The van der Waals surface area contributed by atoms with Gasteiger partial charge < -0.3 is 30.5 Å². The van der Waals surface area contributed by atoms with Gasteiger partial charge in [-0.2, -0.15) is 13.2 Å². The van der Waals surface area contributed by atoms with E-state index < -0.39 is 70.5 Å². The van der Waals surface area contributed by atoms with Crippen LogP contribution in [0.25, 0.3) is 0 Å². The first kappa shape index (κ1) is 25.8. The van der Waals surface area contributed by atoms with Crippen LogP contribution >= 0.6 is 0 Å². The van der Waals surface area contributed by atoms with Gasteiger partial charge in [-0.15, -0.1) is 0 Å². The molecule has 1 rings (SSSR count). The summed E-state index contributed by atoms with van der Waals surface area (Å²) in [7, 11) is 0. The number of alkyl halides is 3. The van der Waals surface area contributed by atoms with Crippen molar-refractivity contribution in [2.24, 2.45) is 0 Å². The van der Waals surface area contributed by atoms with E-state index in [1.807, 2.05) is 0 Å². The molecule has 1 aliphatic heterocycles. The first-order chi connectivity index (χ1) is 13.3. The van der Waals surface area contributed by atoms with E-state index in [0.717, 1.165) is 5.32 Å². The number of hydrogen-bond acceptors (Lipinski definition) is 10. The first-order valence-corrected chi connectivity index (χ1v) is 8.23. The summed E-state index contributed by atoms with van der Waals surface area (Å²) in [4.78, 5) is 59.6. The van der Waals surface area contributed by atoms with Gasteiger partial charge >= 0.3 is 12.1 Å². The molecule has 30 heavy (non-hydrogen) atoms. The molecule has 5 N–H and O–H groups in total. The highest BCUT2D eigenvalue weighted by Crippen LogP contribution is 2.45. The van der Waals surface area contributed by atoms with E-state index in [1.165, 1.54) is 0 Å². The van der Waals surface area contributed by atoms with E-state index in [-0.39, 0.29) is 0 Å². The van der Waals surface area contributed by atoms with Crippen molar-refractivity contribution in [3.63, 3.8) is 0 Å². The van der Waals surface area contributed by atoms with Gasteiger partial charge in [-0.3, -0.25) is 24.0 Å². The molecule has 1 amide bonds. The molecular weight excluding hydrogens is 423 g/mol. The summed E-state index contributed by atoms with van der Waals surface area (Å²) in [5, 5.41) is 43.6. The SMILES string of the molecule is CC(=O)C(O)[C@H]1O[C@](O)(C(C)=O)[C@H](NC(=O)C(F)(F)F)[C@](O)(C(C)=O)[C@@]1(O)C(C)=O. The Morgan fingerprint density at radius 1 is 0.900 bits per heavy atom. The smallest absolute Gasteiger partial charge is 0.382 e. The molecule has 1 unspecified atom stereocenters. The first-order valence-electron chi connectivity index (χ1n) is 8.23. The van der Waals surface area contributed by atoms with Gasteiger partial charge in [-0.1, -0.05) is 0 Å². The Bertz CT molecular complexity index is 799. The molecule has 0 aromatic carbocycles. The maximum absolute atomic E-state index is 12.8. The zero-order valence-electron chi connectivity index (χ0n) is 16.1. The maximum atomic E-state index is 12.8. The highest BCUT2D eigenvalue weighted by Gasteiger charge is 2.76. The van der Waals surface area contributed by atoms with E-state index in [0.29, 0.717) is 27.7 Å². The molecule has 1 heterocycles. The lowest BCUT2D eigenvalue weighted by Gasteiger charge is -2.57. The predicted molar refractivity (Wildman–Crippen MR) is 86.4 cm³/mol. The normalized spacial score (nSPS) is 35.3. The number of ketones is 4. The van der Waals surface area contributed by atoms with Crippen LogP contribution < -0.4 is 5.32 Å². The summed E-state index contributed by atoms with van der Waals surface area (Å²) >= 11 is 0. The van der Waals surface area contributed by atoms with Gasteiger partial charge in [0.25, 0.3) is 5.79 Å². The standard InChI is InChI=1S/C16H20F3NO10/c1-5(21)9(25)10-13(27,6(2)22)14(28,7(3)23)11(15(29,30-10)8(4)24)20-12(26)16(17,18)19/h9-11,25,27-29H,1-4H3,(H,20,26)/t9?,10-,11-,13-,14-,15-/m1/s1. The molecule has 0 bridgehead atoms. The number of aliphatic hydroxyl groups excluding tert-OH is 1. The number of hydrogen-bond donors (Lipinski definition) is 5. The lowest BCUT2D eigenvalue weighted by atomic mass is 9.63. The average molecular weight is 443 g/mol. The van der Waals surface area contributed by atoms with E-state index >= 15 is 0 Å². The predicted octanol–water partition coefficient (Wildman–Crippen LogP) is -2.70. The van der Waals surface area contributed by atoms with Crippen molar-refractivity contribution in [3.05, 3.63) is 0 Å². The quantitative estimate of drug-likeness (QED) is 0.289. The Kier molecular flexibility index (Phi) is 6.68. The second-order valence-electron chi connectivity index (χ2n) is 6.90. The lowest BCUT2D eigenvalue weighted by molar-refractivity contribution is -0.345.